The van der Waals surface area contributed by atoms with E-state index < -0.39 is 12.0 Å². The van der Waals surface area contributed by atoms with Crippen LogP contribution >= 0.6 is 0 Å². The number of hydrogen-bond donors (Lipinski definition) is 1. The maximum Gasteiger partial charge on any atom is 0.326 e. The number of carbonyl (C=O) groups is 2. The molecule has 1 heterocycles. The summed E-state index contributed by atoms with van der Waals surface area (Å²) in [6.45, 7) is 7.57. The van der Waals surface area contributed by atoms with Crippen molar-refractivity contribution in [1.29, 1.82) is 0 Å². The number of rotatable bonds is 7. The number of aryl methyl sites for hydroxylation is 1. The Kier molecular flexibility index (Phi) is 4.88. The quantitative estimate of drug-likeness (QED) is 0.840. The highest BCUT2D eigenvalue weighted by molar-refractivity contribution is 5.95. The monoisotopic (exact) mass is 307 g/mol. The van der Waals surface area contributed by atoms with Crippen LogP contribution in [0, 0.1) is 6.92 Å². The van der Waals surface area contributed by atoms with Gasteiger partial charge < -0.3 is 10.0 Å². The molecule has 6 heteroatoms. The topological polar surface area (TPSA) is 75.4 Å². The Hall–Kier alpha value is -1.85. The molecule has 1 aromatic heterocycles. The van der Waals surface area contributed by atoms with Gasteiger partial charge in [0.05, 0.1) is 11.7 Å². The normalized spacial score (nSPS) is 15.9. The first-order chi connectivity index (χ1) is 10.4. The smallest absolute Gasteiger partial charge is 0.326 e. The maximum absolute atomic E-state index is 12.9. The Morgan fingerprint density at radius 3 is 2.45 bits per heavy atom. The van der Waals surface area contributed by atoms with Gasteiger partial charge in [-0.15, -0.1) is 0 Å². The van der Waals surface area contributed by atoms with Gasteiger partial charge in [-0.1, -0.05) is 13.8 Å². The third-order valence-electron chi connectivity index (χ3n) is 4.31. The minimum Gasteiger partial charge on any atom is -0.480 e. The van der Waals surface area contributed by atoms with Crippen molar-refractivity contribution in [3.05, 3.63) is 17.5 Å². The number of aliphatic carboxylic acids is 1. The lowest BCUT2D eigenvalue weighted by Crippen LogP contribution is -2.45. The molecule has 1 atom stereocenters. The van der Waals surface area contributed by atoms with Crippen molar-refractivity contribution in [2.45, 2.75) is 71.5 Å². The van der Waals surface area contributed by atoms with Gasteiger partial charge in [0.1, 0.15) is 11.7 Å². The fourth-order valence-corrected chi connectivity index (χ4v) is 2.85. The van der Waals surface area contributed by atoms with Crippen LogP contribution in [0.2, 0.25) is 0 Å². The summed E-state index contributed by atoms with van der Waals surface area (Å²) in [6.07, 6.45) is 3.52. The Morgan fingerprint density at radius 1 is 1.41 bits per heavy atom. The van der Waals surface area contributed by atoms with Gasteiger partial charge in [0, 0.05) is 6.04 Å². The van der Waals surface area contributed by atoms with E-state index in [0.29, 0.717) is 5.69 Å². The third-order valence-corrected chi connectivity index (χ3v) is 4.31. The molecule has 0 bridgehead atoms. The standard InChI is InChI=1S/C16H25N3O3/c1-5-12(6-2)19-14(9-10(3)17-19)15(20)18(13-7-8-13)11(4)16(21)22/h9,11-13H,5-8H2,1-4H3,(H,21,22). The largest absolute Gasteiger partial charge is 0.480 e. The van der Waals surface area contributed by atoms with Crippen LogP contribution in [0.1, 0.15) is 68.7 Å². The lowest BCUT2D eigenvalue weighted by atomic mass is 10.1. The van der Waals surface area contributed by atoms with Crippen LogP contribution in [0.3, 0.4) is 0 Å². The lowest BCUT2D eigenvalue weighted by Gasteiger charge is -2.27. The molecule has 1 aliphatic rings. The van der Waals surface area contributed by atoms with Crippen molar-refractivity contribution in [2.24, 2.45) is 0 Å². The highest BCUT2D eigenvalue weighted by Gasteiger charge is 2.40. The predicted octanol–water partition coefficient (Wildman–Crippen LogP) is 2.63. The number of carbonyl (C=O) groups excluding carboxylic acids is 1. The van der Waals surface area contributed by atoms with E-state index in [4.69, 9.17) is 0 Å². The van der Waals surface area contributed by atoms with E-state index >= 15 is 0 Å². The molecule has 0 radical (unpaired) electrons. The first-order valence-corrected chi connectivity index (χ1v) is 8.02. The molecule has 1 fully saturated rings. The molecule has 0 aliphatic heterocycles. The minimum absolute atomic E-state index is 0.0453. The second-order valence-corrected chi connectivity index (χ2v) is 6.04. The molecule has 1 saturated carbocycles. The summed E-state index contributed by atoms with van der Waals surface area (Å²) in [4.78, 5) is 25.8. The van der Waals surface area contributed by atoms with Crippen LogP contribution < -0.4 is 0 Å². The van der Waals surface area contributed by atoms with E-state index in [1.165, 1.54) is 4.90 Å². The van der Waals surface area contributed by atoms with E-state index in [-0.39, 0.29) is 18.0 Å². The predicted molar refractivity (Wildman–Crippen MR) is 82.9 cm³/mol. The summed E-state index contributed by atoms with van der Waals surface area (Å²) in [5.74, 6) is -1.18. The van der Waals surface area contributed by atoms with Gasteiger partial charge in [0.2, 0.25) is 0 Å². The lowest BCUT2D eigenvalue weighted by molar-refractivity contribution is -0.141. The van der Waals surface area contributed by atoms with Crippen molar-refractivity contribution < 1.29 is 14.7 Å². The number of amides is 1. The van der Waals surface area contributed by atoms with E-state index in [1.54, 1.807) is 17.7 Å². The van der Waals surface area contributed by atoms with Crippen LogP contribution in [0.15, 0.2) is 6.07 Å². The molecule has 0 saturated heterocycles. The van der Waals surface area contributed by atoms with E-state index in [0.717, 1.165) is 31.4 Å². The van der Waals surface area contributed by atoms with Crippen LogP contribution in [0.5, 0.6) is 0 Å². The second-order valence-electron chi connectivity index (χ2n) is 6.04. The van der Waals surface area contributed by atoms with E-state index in [2.05, 4.69) is 18.9 Å². The summed E-state index contributed by atoms with van der Waals surface area (Å²) in [5, 5.41) is 13.7. The summed E-state index contributed by atoms with van der Waals surface area (Å²) >= 11 is 0. The summed E-state index contributed by atoms with van der Waals surface area (Å²) in [5.41, 5.74) is 1.29. The van der Waals surface area contributed by atoms with Crippen LogP contribution in [-0.4, -0.2) is 43.7 Å². The van der Waals surface area contributed by atoms with Crippen LogP contribution in [-0.2, 0) is 4.79 Å². The zero-order valence-electron chi connectivity index (χ0n) is 13.7. The second kappa shape index (κ2) is 6.50. The zero-order chi connectivity index (χ0) is 16.4. The molecule has 0 aromatic carbocycles. The highest BCUT2D eigenvalue weighted by atomic mass is 16.4. The Labute approximate surface area is 131 Å². The molecule has 1 amide bonds. The molecule has 1 unspecified atom stereocenters. The van der Waals surface area contributed by atoms with E-state index in [9.17, 15) is 14.7 Å². The van der Waals surface area contributed by atoms with Gasteiger partial charge in [0.15, 0.2) is 0 Å². The number of aromatic nitrogens is 2. The Bertz CT molecular complexity index is 559. The van der Waals surface area contributed by atoms with Crippen LogP contribution in [0.25, 0.3) is 0 Å². The Balaban J connectivity index is 2.37. The molecule has 2 rings (SSSR count). The van der Waals surface area contributed by atoms with Crippen molar-refractivity contribution in [2.75, 3.05) is 0 Å². The fraction of sp³-hybridized carbons (Fsp3) is 0.688. The molecule has 1 aromatic rings. The Morgan fingerprint density at radius 2 is 2.00 bits per heavy atom. The average molecular weight is 307 g/mol. The molecular weight excluding hydrogens is 282 g/mol. The van der Waals surface area contributed by atoms with Gasteiger partial charge in [0.25, 0.3) is 5.91 Å². The van der Waals surface area contributed by atoms with Gasteiger partial charge in [-0.05, 0) is 45.6 Å². The third kappa shape index (κ3) is 3.15. The number of hydrogen-bond acceptors (Lipinski definition) is 3. The summed E-state index contributed by atoms with van der Waals surface area (Å²) in [6, 6.07) is 1.16. The average Bonchev–Trinajstić information content (AvgIpc) is 3.22. The fourth-order valence-electron chi connectivity index (χ4n) is 2.85. The van der Waals surface area contributed by atoms with Crippen molar-refractivity contribution in [1.82, 2.24) is 14.7 Å². The number of nitrogens with zero attached hydrogens (tertiary/aromatic N) is 3. The molecule has 22 heavy (non-hydrogen) atoms. The zero-order valence-corrected chi connectivity index (χ0v) is 13.7. The molecular formula is C16H25N3O3. The molecule has 122 valence electrons. The SMILES string of the molecule is CCC(CC)n1nc(C)cc1C(=O)N(C1CC1)C(C)C(=O)O. The van der Waals surface area contributed by atoms with Crippen LogP contribution in [0.4, 0.5) is 0 Å². The highest BCUT2D eigenvalue weighted by Crippen LogP contribution is 2.31. The molecule has 1 aliphatic carbocycles. The summed E-state index contributed by atoms with van der Waals surface area (Å²) in [7, 11) is 0. The molecule has 1 N–H and O–H groups in total. The van der Waals surface area contributed by atoms with Crippen molar-refractivity contribution in [3.63, 3.8) is 0 Å². The first-order valence-electron chi connectivity index (χ1n) is 8.02. The number of carboxylic acid groups (broad SMARTS) is 1. The van der Waals surface area contributed by atoms with E-state index in [1.807, 2.05) is 6.92 Å². The summed E-state index contributed by atoms with van der Waals surface area (Å²) < 4.78 is 1.78. The van der Waals surface area contributed by atoms with Gasteiger partial charge in [-0.3, -0.25) is 9.48 Å². The van der Waals surface area contributed by atoms with Crippen molar-refractivity contribution >= 4 is 11.9 Å². The first kappa shape index (κ1) is 16.5. The van der Waals surface area contributed by atoms with Gasteiger partial charge in [-0.2, -0.15) is 5.10 Å². The minimum atomic E-state index is -0.967. The molecule has 6 nitrogen and oxygen atoms in total. The van der Waals surface area contributed by atoms with Gasteiger partial charge >= 0.3 is 5.97 Å². The number of carboxylic acids is 1. The van der Waals surface area contributed by atoms with Gasteiger partial charge in [-0.25, -0.2) is 4.79 Å². The van der Waals surface area contributed by atoms with Crippen molar-refractivity contribution in [3.8, 4) is 0 Å². The maximum atomic E-state index is 12.9. The molecule has 0 spiro atoms.